The topological polar surface area (TPSA) is 21.3 Å². The van der Waals surface area contributed by atoms with Crippen LogP contribution in [-0.2, 0) is 6.18 Å². The highest BCUT2D eigenvalue weighted by Gasteiger charge is 2.31. The van der Waals surface area contributed by atoms with Gasteiger partial charge in [-0.3, -0.25) is 0 Å². The van der Waals surface area contributed by atoms with Crippen LogP contribution in [0.4, 0.5) is 37.7 Å². The quantitative estimate of drug-likeness (QED) is 0.628. The third-order valence-electron chi connectivity index (χ3n) is 2.67. The molecule has 0 spiro atoms. The first-order valence-electron chi connectivity index (χ1n) is 6.04. The van der Waals surface area contributed by atoms with Crippen molar-refractivity contribution in [2.24, 2.45) is 0 Å². The molecule has 124 valence electrons. The molecule has 0 saturated heterocycles. The Labute approximate surface area is 135 Å². The highest BCUT2D eigenvalue weighted by atomic mass is 79.9. The lowest BCUT2D eigenvalue weighted by Crippen LogP contribution is -2.17. The lowest BCUT2D eigenvalue weighted by molar-refractivity contribution is -0.274. The number of hydrogen-bond acceptors (Lipinski definition) is 2. The Hall–Kier alpha value is -1.90. The first kappa shape index (κ1) is 17.5. The van der Waals surface area contributed by atoms with Crippen molar-refractivity contribution < 1.29 is 31.1 Å². The Kier molecular flexibility index (Phi) is 4.79. The van der Waals surface area contributed by atoms with Crippen LogP contribution in [0.15, 0.2) is 46.9 Å². The maximum absolute atomic E-state index is 12.5. The Morgan fingerprint density at radius 1 is 0.870 bits per heavy atom. The van der Waals surface area contributed by atoms with Gasteiger partial charge in [-0.05, 0) is 58.4 Å². The lowest BCUT2D eigenvalue weighted by atomic mass is 10.2. The van der Waals surface area contributed by atoms with Gasteiger partial charge in [0.25, 0.3) is 0 Å². The summed E-state index contributed by atoms with van der Waals surface area (Å²) in [7, 11) is 0. The summed E-state index contributed by atoms with van der Waals surface area (Å²) in [6, 6.07) is 7.73. The van der Waals surface area contributed by atoms with Crippen molar-refractivity contribution in [1.82, 2.24) is 0 Å². The molecule has 0 aliphatic carbocycles. The average molecular weight is 400 g/mol. The van der Waals surface area contributed by atoms with Crippen molar-refractivity contribution in [3.63, 3.8) is 0 Å². The molecule has 23 heavy (non-hydrogen) atoms. The fourth-order valence-electron chi connectivity index (χ4n) is 1.69. The normalized spacial score (nSPS) is 12.1. The fourth-order valence-corrected chi connectivity index (χ4v) is 2.15. The van der Waals surface area contributed by atoms with Crippen molar-refractivity contribution >= 4 is 27.3 Å². The fraction of sp³-hybridized carbons (Fsp3) is 0.143. The van der Waals surface area contributed by atoms with E-state index in [-0.39, 0.29) is 4.47 Å². The van der Waals surface area contributed by atoms with E-state index in [2.05, 4.69) is 26.0 Å². The second kappa shape index (κ2) is 6.31. The van der Waals surface area contributed by atoms with Gasteiger partial charge in [-0.25, -0.2) is 0 Å². The first-order valence-corrected chi connectivity index (χ1v) is 6.83. The Bertz CT molecular complexity index is 681. The predicted octanol–water partition coefficient (Wildman–Crippen LogP) is 6.11. The van der Waals surface area contributed by atoms with Crippen molar-refractivity contribution in [2.75, 3.05) is 5.32 Å². The van der Waals surface area contributed by atoms with Gasteiger partial charge in [0.1, 0.15) is 5.75 Å². The zero-order chi connectivity index (χ0) is 17.3. The number of ether oxygens (including phenoxy) is 1. The minimum absolute atomic E-state index is 0.263. The molecule has 0 heterocycles. The van der Waals surface area contributed by atoms with Crippen molar-refractivity contribution in [3.05, 3.63) is 52.5 Å². The molecule has 1 N–H and O–H groups in total. The van der Waals surface area contributed by atoms with E-state index in [0.29, 0.717) is 11.4 Å². The van der Waals surface area contributed by atoms with E-state index in [1.165, 1.54) is 18.2 Å². The second-order valence-corrected chi connectivity index (χ2v) is 5.24. The summed E-state index contributed by atoms with van der Waals surface area (Å²) in [5.74, 6) is -0.414. The maximum Gasteiger partial charge on any atom is 0.573 e. The van der Waals surface area contributed by atoms with Gasteiger partial charge in [0.05, 0.1) is 11.3 Å². The number of nitrogens with one attached hydrogen (secondary N) is 1. The van der Waals surface area contributed by atoms with Crippen molar-refractivity contribution in [2.45, 2.75) is 12.5 Å². The van der Waals surface area contributed by atoms with Gasteiger partial charge in [0, 0.05) is 10.2 Å². The van der Waals surface area contributed by atoms with Crippen LogP contribution in [-0.4, -0.2) is 6.36 Å². The lowest BCUT2D eigenvalue weighted by Gasteiger charge is -2.13. The van der Waals surface area contributed by atoms with Crippen LogP contribution < -0.4 is 10.1 Å². The molecule has 2 nitrogen and oxygen atoms in total. The molecule has 0 saturated carbocycles. The highest BCUT2D eigenvalue weighted by Crippen LogP contribution is 2.33. The third-order valence-corrected chi connectivity index (χ3v) is 3.32. The number of hydrogen-bond donors (Lipinski definition) is 1. The molecule has 0 radical (unpaired) electrons. The Morgan fingerprint density at radius 2 is 1.48 bits per heavy atom. The summed E-state index contributed by atoms with van der Waals surface area (Å²) < 4.78 is 77.7. The molecule has 2 aromatic carbocycles. The van der Waals surface area contributed by atoms with Crippen LogP contribution in [0, 0.1) is 0 Å². The molecule has 2 rings (SSSR count). The van der Waals surface area contributed by atoms with Crippen LogP contribution in [0.2, 0.25) is 0 Å². The van der Waals surface area contributed by atoms with Gasteiger partial charge < -0.3 is 10.1 Å². The molecular formula is C14H8BrF6NO. The molecular weight excluding hydrogens is 392 g/mol. The van der Waals surface area contributed by atoms with Crippen LogP contribution >= 0.6 is 15.9 Å². The van der Waals surface area contributed by atoms with Gasteiger partial charge in [0.2, 0.25) is 0 Å². The Morgan fingerprint density at radius 3 is 1.96 bits per heavy atom. The summed E-state index contributed by atoms with van der Waals surface area (Å²) >= 11 is 3.07. The molecule has 0 atom stereocenters. The first-order chi connectivity index (χ1) is 10.5. The molecule has 0 aliphatic heterocycles. The molecule has 0 amide bonds. The number of benzene rings is 2. The van der Waals surface area contributed by atoms with Gasteiger partial charge in [-0.1, -0.05) is 0 Å². The molecule has 0 unspecified atom stereocenters. The van der Waals surface area contributed by atoms with E-state index in [4.69, 9.17) is 0 Å². The monoisotopic (exact) mass is 399 g/mol. The Balaban J connectivity index is 2.14. The molecule has 0 fully saturated rings. The minimum atomic E-state index is -4.80. The summed E-state index contributed by atoms with van der Waals surface area (Å²) in [4.78, 5) is 0. The van der Waals surface area contributed by atoms with Gasteiger partial charge in [-0.2, -0.15) is 13.2 Å². The van der Waals surface area contributed by atoms with E-state index in [9.17, 15) is 26.3 Å². The molecule has 9 heteroatoms. The third kappa shape index (κ3) is 5.05. The summed E-state index contributed by atoms with van der Waals surface area (Å²) in [5, 5.41) is 2.79. The number of halogens is 7. The molecule has 0 bridgehead atoms. The number of anilines is 2. The minimum Gasteiger partial charge on any atom is -0.406 e. The van der Waals surface area contributed by atoms with E-state index < -0.39 is 23.9 Å². The van der Waals surface area contributed by atoms with E-state index in [0.717, 1.165) is 24.3 Å². The van der Waals surface area contributed by atoms with Crippen molar-refractivity contribution in [3.8, 4) is 5.75 Å². The summed E-state index contributed by atoms with van der Waals surface area (Å²) in [6.45, 7) is 0. The average Bonchev–Trinajstić information content (AvgIpc) is 2.40. The molecule has 0 aromatic heterocycles. The van der Waals surface area contributed by atoms with E-state index in [1.54, 1.807) is 0 Å². The summed E-state index contributed by atoms with van der Waals surface area (Å²) in [5.41, 5.74) is -0.0708. The molecule has 2 aromatic rings. The largest absolute Gasteiger partial charge is 0.573 e. The van der Waals surface area contributed by atoms with Crippen molar-refractivity contribution in [1.29, 1.82) is 0 Å². The van der Waals surface area contributed by atoms with Gasteiger partial charge in [0.15, 0.2) is 0 Å². The standard InChI is InChI=1S/C14H8BrF6NO/c15-11-7-10(23-14(19,20)21)5-6-12(11)22-9-3-1-8(2-4-9)13(16,17)18/h1-7,22H. The van der Waals surface area contributed by atoms with Gasteiger partial charge in [-0.15, -0.1) is 13.2 Å². The second-order valence-electron chi connectivity index (χ2n) is 4.39. The summed E-state index contributed by atoms with van der Waals surface area (Å²) in [6.07, 6.45) is -9.24. The predicted molar refractivity (Wildman–Crippen MR) is 75.6 cm³/mol. The smallest absolute Gasteiger partial charge is 0.406 e. The van der Waals surface area contributed by atoms with Crippen LogP contribution in [0.25, 0.3) is 0 Å². The maximum atomic E-state index is 12.5. The van der Waals surface area contributed by atoms with Crippen LogP contribution in [0.5, 0.6) is 5.75 Å². The zero-order valence-electron chi connectivity index (χ0n) is 11.1. The van der Waals surface area contributed by atoms with E-state index >= 15 is 0 Å². The highest BCUT2D eigenvalue weighted by molar-refractivity contribution is 9.10. The molecule has 0 aliphatic rings. The number of alkyl halides is 6. The SMILES string of the molecule is FC(F)(F)Oc1ccc(Nc2ccc(C(F)(F)F)cc2)c(Br)c1. The van der Waals surface area contributed by atoms with Crippen LogP contribution in [0.1, 0.15) is 5.56 Å². The van der Waals surface area contributed by atoms with Crippen LogP contribution in [0.3, 0.4) is 0 Å². The number of rotatable bonds is 3. The zero-order valence-corrected chi connectivity index (χ0v) is 12.7. The van der Waals surface area contributed by atoms with E-state index in [1.807, 2.05) is 0 Å². The van der Waals surface area contributed by atoms with Gasteiger partial charge >= 0.3 is 12.5 Å².